The number of amides is 1. The molecule has 0 aromatic heterocycles. The van der Waals surface area contributed by atoms with Gasteiger partial charge in [-0.1, -0.05) is 29.8 Å². The minimum absolute atomic E-state index is 0.0405. The molecule has 0 N–H and O–H groups in total. The van der Waals surface area contributed by atoms with Crippen molar-refractivity contribution in [2.45, 2.75) is 31.3 Å². The Hall–Kier alpha value is -1.39. The first-order valence-corrected chi connectivity index (χ1v) is 7.67. The molecule has 0 aliphatic carbocycles. The second kappa shape index (κ2) is 5.78. The third kappa shape index (κ3) is 2.83. The standard InChI is InChI=1S/C16H18ClNO3/c17-13-5-2-1-4-12(13)10-15(20)18-8-7-16(14(19)11-18)6-3-9-21-16/h1-2,4-5H,3,6-11H2. The third-order valence-electron chi connectivity index (χ3n) is 4.38. The van der Waals surface area contributed by atoms with E-state index in [-0.39, 0.29) is 24.7 Å². The number of hydrogen-bond acceptors (Lipinski definition) is 3. The van der Waals surface area contributed by atoms with Crippen LogP contribution in [-0.2, 0) is 20.7 Å². The van der Waals surface area contributed by atoms with Crippen LogP contribution in [0.5, 0.6) is 0 Å². The van der Waals surface area contributed by atoms with Gasteiger partial charge in [0.2, 0.25) is 5.91 Å². The molecule has 1 spiro atoms. The fourth-order valence-corrected chi connectivity index (χ4v) is 3.30. The lowest BCUT2D eigenvalue weighted by atomic mass is 9.87. The average Bonchev–Trinajstić information content (AvgIpc) is 2.94. The summed E-state index contributed by atoms with van der Waals surface area (Å²) in [6, 6.07) is 7.31. The number of nitrogens with zero attached hydrogens (tertiary/aromatic N) is 1. The summed E-state index contributed by atoms with van der Waals surface area (Å²) in [6.45, 7) is 1.39. The summed E-state index contributed by atoms with van der Waals surface area (Å²) < 4.78 is 5.65. The molecule has 1 amide bonds. The predicted molar refractivity (Wildman–Crippen MR) is 79.3 cm³/mol. The maximum absolute atomic E-state index is 12.3. The lowest BCUT2D eigenvalue weighted by molar-refractivity contribution is -0.152. The fraction of sp³-hybridized carbons (Fsp3) is 0.500. The largest absolute Gasteiger partial charge is 0.367 e. The van der Waals surface area contributed by atoms with E-state index < -0.39 is 5.60 Å². The van der Waals surface area contributed by atoms with Gasteiger partial charge in [-0.2, -0.15) is 0 Å². The normalized spacial score (nSPS) is 25.6. The minimum Gasteiger partial charge on any atom is -0.367 e. The number of halogens is 1. The number of hydrogen-bond donors (Lipinski definition) is 0. The molecule has 1 unspecified atom stereocenters. The predicted octanol–water partition coefficient (Wildman–Crippen LogP) is 2.23. The van der Waals surface area contributed by atoms with Crippen molar-refractivity contribution in [1.29, 1.82) is 0 Å². The summed E-state index contributed by atoms with van der Waals surface area (Å²) in [5.74, 6) is -0.0111. The first-order chi connectivity index (χ1) is 10.1. The van der Waals surface area contributed by atoms with Crippen LogP contribution in [0.15, 0.2) is 24.3 Å². The number of ketones is 1. The van der Waals surface area contributed by atoms with E-state index in [2.05, 4.69) is 0 Å². The van der Waals surface area contributed by atoms with E-state index in [0.717, 1.165) is 18.4 Å². The number of benzene rings is 1. The van der Waals surface area contributed by atoms with Gasteiger partial charge in [0.25, 0.3) is 0 Å². The van der Waals surface area contributed by atoms with Crippen LogP contribution in [0.3, 0.4) is 0 Å². The van der Waals surface area contributed by atoms with Crippen molar-refractivity contribution in [2.24, 2.45) is 0 Å². The van der Waals surface area contributed by atoms with Crippen LogP contribution in [0.25, 0.3) is 0 Å². The van der Waals surface area contributed by atoms with Gasteiger partial charge >= 0.3 is 0 Å². The molecule has 21 heavy (non-hydrogen) atoms. The molecule has 4 nitrogen and oxygen atoms in total. The Bertz CT molecular complexity index is 566. The summed E-state index contributed by atoms with van der Waals surface area (Å²) in [5.41, 5.74) is 0.190. The molecule has 0 bridgehead atoms. The van der Waals surface area contributed by atoms with Gasteiger partial charge in [-0.25, -0.2) is 0 Å². The Morgan fingerprint density at radius 2 is 2.14 bits per heavy atom. The Morgan fingerprint density at radius 1 is 1.33 bits per heavy atom. The fourth-order valence-electron chi connectivity index (χ4n) is 3.10. The van der Waals surface area contributed by atoms with Gasteiger partial charge < -0.3 is 9.64 Å². The number of carbonyl (C=O) groups is 2. The topological polar surface area (TPSA) is 46.6 Å². The smallest absolute Gasteiger partial charge is 0.227 e. The summed E-state index contributed by atoms with van der Waals surface area (Å²) in [4.78, 5) is 26.3. The van der Waals surface area contributed by atoms with E-state index in [1.807, 2.05) is 18.2 Å². The van der Waals surface area contributed by atoms with Crippen LogP contribution in [0.4, 0.5) is 0 Å². The second-order valence-electron chi connectivity index (χ2n) is 5.70. The number of carbonyl (C=O) groups excluding carboxylic acids is 2. The Balaban J connectivity index is 1.65. The highest BCUT2D eigenvalue weighted by Crippen LogP contribution is 2.33. The van der Waals surface area contributed by atoms with Crippen molar-refractivity contribution in [3.05, 3.63) is 34.9 Å². The number of piperidine rings is 1. The molecule has 1 aromatic rings. The summed E-state index contributed by atoms with van der Waals surface area (Å²) >= 11 is 6.08. The highest BCUT2D eigenvalue weighted by molar-refractivity contribution is 6.31. The zero-order valence-electron chi connectivity index (χ0n) is 11.8. The van der Waals surface area contributed by atoms with Crippen LogP contribution < -0.4 is 0 Å². The highest BCUT2D eigenvalue weighted by Gasteiger charge is 2.46. The summed E-state index contributed by atoms with van der Waals surface area (Å²) in [5, 5.41) is 0.588. The second-order valence-corrected chi connectivity index (χ2v) is 6.11. The summed E-state index contributed by atoms with van der Waals surface area (Å²) in [7, 11) is 0. The molecule has 2 fully saturated rings. The van der Waals surface area contributed by atoms with E-state index in [1.165, 1.54) is 0 Å². The zero-order chi connectivity index (χ0) is 14.9. The SMILES string of the molecule is O=C(Cc1ccccc1Cl)N1CCC2(CCCO2)C(=O)C1. The van der Waals surface area contributed by atoms with Crippen LogP contribution in [0.1, 0.15) is 24.8 Å². The quantitative estimate of drug-likeness (QED) is 0.842. The van der Waals surface area contributed by atoms with Crippen molar-refractivity contribution in [1.82, 2.24) is 4.90 Å². The maximum atomic E-state index is 12.3. The van der Waals surface area contributed by atoms with Gasteiger partial charge in [-0.05, 0) is 24.5 Å². The molecule has 2 heterocycles. The third-order valence-corrected chi connectivity index (χ3v) is 4.75. The first-order valence-electron chi connectivity index (χ1n) is 7.29. The van der Waals surface area contributed by atoms with E-state index in [0.29, 0.717) is 24.6 Å². The molecule has 2 saturated heterocycles. The highest BCUT2D eigenvalue weighted by atomic mass is 35.5. The first kappa shape index (κ1) is 14.5. The maximum Gasteiger partial charge on any atom is 0.227 e. The summed E-state index contributed by atoms with van der Waals surface area (Å²) in [6.07, 6.45) is 2.57. The van der Waals surface area contributed by atoms with Crippen LogP contribution in [-0.4, -0.2) is 41.9 Å². The van der Waals surface area contributed by atoms with Gasteiger partial charge in [0, 0.05) is 24.6 Å². The Morgan fingerprint density at radius 3 is 2.81 bits per heavy atom. The molecule has 2 aliphatic rings. The van der Waals surface area contributed by atoms with Crippen molar-refractivity contribution >= 4 is 23.3 Å². The average molecular weight is 308 g/mol. The van der Waals surface area contributed by atoms with Gasteiger partial charge in [-0.15, -0.1) is 0 Å². The van der Waals surface area contributed by atoms with Gasteiger partial charge in [-0.3, -0.25) is 9.59 Å². The van der Waals surface area contributed by atoms with Crippen LogP contribution >= 0.6 is 11.6 Å². The van der Waals surface area contributed by atoms with Crippen LogP contribution in [0.2, 0.25) is 5.02 Å². The molecular formula is C16H18ClNO3. The minimum atomic E-state index is -0.610. The molecule has 5 heteroatoms. The van der Waals surface area contributed by atoms with Gasteiger partial charge in [0.15, 0.2) is 5.78 Å². The molecule has 1 atom stereocenters. The number of ether oxygens (including phenoxy) is 1. The molecular weight excluding hydrogens is 290 g/mol. The molecule has 0 saturated carbocycles. The number of Topliss-reactive ketones (excluding diaryl/α,β-unsaturated/α-hetero) is 1. The number of rotatable bonds is 2. The van der Waals surface area contributed by atoms with E-state index >= 15 is 0 Å². The van der Waals surface area contributed by atoms with Crippen LogP contribution in [0, 0.1) is 0 Å². The van der Waals surface area contributed by atoms with Crippen molar-refractivity contribution in [2.75, 3.05) is 19.7 Å². The lowest BCUT2D eigenvalue weighted by Gasteiger charge is -2.37. The van der Waals surface area contributed by atoms with Crippen molar-refractivity contribution < 1.29 is 14.3 Å². The monoisotopic (exact) mass is 307 g/mol. The van der Waals surface area contributed by atoms with E-state index in [9.17, 15) is 9.59 Å². The van der Waals surface area contributed by atoms with Crippen molar-refractivity contribution in [3.63, 3.8) is 0 Å². The molecule has 0 radical (unpaired) electrons. The van der Waals surface area contributed by atoms with Crippen molar-refractivity contribution in [3.8, 4) is 0 Å². The molecule has 112 valence electrons. The van der Waals surface area contributed by atoms with Gasteiger partial charge in [0.1, 0.15) is 5.60 Å². The number of likely N-dealkylation sites (tertiary alicyclic amines) is 1. The molecule has 1 aromatic carbocycles. The van der Waals surface area contributed by atoms with E-state index in [4.69, 9.17) is 16.3 Å². The van der Waals surface area contributed by atoms with E-state index in [1.54, 1.807) is 11.0 Å². The lowest BCUT2D eigenvalue weighted by Crippen LogP contribution is -2.54. The van der Waals surface area contributed by atoms with Gasteiger partial charge in [0.05, 0.1) is 13.0 Å². The molecule has 3 rings (SSSR count). The molecule has 2 aliphatic heterocycles. The Labute approximate surface area is 129 Å². The zero-order valence-corrected chi connectivity index (χ0v) is 12.6. The Kier molecular flexibility index (Phi) is 4.00.